The fraction of sp³-hybridized carbons (Fsp3) is 0.118. The summed E-state index contributed by atoms with van der Waals surface area (Å²) in [5.74, 6) is -0.380. The minimum absolute atomic E-state index is 0.380. The van der Waals surface area contributed by atoms with E-state index in [0.29, 0.717) is 21.8 Å². The van der Waals surface area contributed by atoms with Crippen LogP contribution in [0.25, 0.3) is 10.9 Å². The molecule has 0 bridgehead atoms. The predicted octanol–water partition coefficient (Wildman–Crippen LogP) is 3.03. The first kappa shape index (κ1) is 13.4. The molecule has 1 atom stereocenters. The second kappa shape index (κ2) is 4.35. The number of H-pyrrole nitrogens is 1. The third-order valence-electron chi connectivity index (χ3n) is 4.30. The number of amides is 1. The summed E-state index contributed by atoms with van der Waals surface area (Å²) in [5.41, 5.74) is 0.867. The zero-order chi connectivity index (χ0) is 15.5. The number of anilines is 1. The zero-order valence-electron chi connectivity index (χ0n) is 11.8. The van der Waals surface area contributed by atoms with E-state index in [1.165, 1.54) is 4.90 Å². The quantitative estimate of drug-likeness (QED) is 0.725. The van der Waals surface area contributed by atoms with Crippen LogP contribution >= 0.6 is 11.6 Å². The van der Waals surface area contributed by atoms with Gasteiger partial charge < -0.3 is 15.0 Å². The molecule has 5 heteroatoms. The van der Waals surface area contributed by atoms with E-state index in [2.05, 4.69) is 4.98 Å². The van der Waals surface area contributed by atoms with Crippen LogP contribution in [-0.4, -0.2) is 23.0 Å². The minimum Gasteiger partial charge on any atom is -0.372 e. The number of nitrogens with zero attached hydrogens (tertiary/aromatic N) is 1. The van der Waals surface area contributed by atoms with Crippen molar-refractivity contribution in [2.45, 2.75) is 5.60 Å². The van der Waals surface area contributed by atoms with Crippen LogP contribution in [-0.2, 0) is 10.4 Å². The number of halogens is 1. The van der Waals surface area contributed by atoms with Gasteiger partial charge in [0.15, 0.2) is 5.60 Å². The number of carbonyl (C=O) groups excluding carboxylic acids is 1. The maximum Gasteiger partial charge on any atom is 0.268 e. The summed E-state index contributed by atoms with van der Waals surface area (Å²) in [7, 11) is 1.65. The first-order chi connectivity index (χ1) is 10.5. The normalized spacial score (nSPS) is 20.7. The third-order valence-corrected chi connectivity index (χ3v) is 4.54. The molecular weight excluding hydrogens is 300 g/mol. The van der Waals surface area contributed by atoms with Crippen LogP contribution in [0.2, 0.25) is 5.02 Å². The lowest BCUT2D eigenvalue weighted by atomic mass is 9.87. The number of aromatic nitrogens is 1. The van der Waals surface area contributed by atoms with Crippen LogP contribution in [0.4, 0.5) is 5.69 Å². The first-order valence-electron chi connectivity index (χ1n) is 6.90. The summed E-state index contributed by atoms with van der Waals surface area (Å²) in [5, 5.41) is 12.6. The van der Waals surface area contributed by atoms with Crippen molar-refractivity contribution in [3.05, 3.63) is 64.8 Å². The molecule has 0 fully saturated rings. The van der Waals surface area contributed by atoms with Crippen molar-refractivity contribution >= 4 is 34.1 Å². The molecule has 1 aliphatic heterocycles. The van der Waals surface area contributed by atoms with Crippen LogP contribution in [0.3, 0.4) is 0 Å². The largest absolute Gasteiger partial charge is 0.372 e. The van der Waals surface area contributed by atoms with Crippen molar-refractivity contribution in [2.24, 2.45) is 0 Å². The Balaban J connectivity index is 2.05. The standard InChI is InChI=1S/C17H13ClN2O2/c1-20-15-7-6-10(18)8-12(15)17(22,16(20)21)13-9-19-14-5-3-2-4-11(13)14/h2-9,19,22H,1H3/t17-/m0/s1. The summed E-state index contributed by atoms with van der Waals surface area (Å²) < 4.78 is 0. The molecule has 0 unspecified atom stereocenters. The lowest BCUT2D eigenvalue weighted by Crippen LogP contribution is -2.39. The van der Waals surface area contributed by atoms with E-state index in [0.717, 1.165) is 10.9 Å². The van der Waals surface area contributed by atoms with Gasteiger partial charge in [-0.2, -0.15) is 0 Å². The summed E-state index contributed by atoms with van der Waals surface area (Å²) >= 11 is 6.08. The highest BCUT2D eigenvalue weighted by atomic mass is 35.5. The van der Waals surface area contributed by atoms with Gasteiger partial charge >= 0.3 is 0 Å². The van der Waals surface area contributed by atoms with Crippen LogP contribution in [0, 0.1) is 0 Å². The Labute approximate surface area is 131 Å². The van der Waals surface area contributed by atoms with E-state index in [-0.39, 0.29) is 5.91 Å². The molecule has 0 radical (unpaired) electrons. The smallest absolute Gasteiger partial charge is 0.268 e. The molecule has 0 aliphatic carbocycles. The molecule has 4 rings (SSSR count). The van der Waals surface area contributed by atoms with Crippen molar-refractivity contribution < 1.29 is 9.90 Å². The second-order valence-electron chi connectivity index (χ2n) is 5.48. The Kier molecular flexibility index (Phi) is 2.64. The maximum atomic E-state index is 12.8. The number of likely N-dealkylation sites (N-methyl/N-ethyl adjacent to an activating group) is 1. The second-order valence-corrected chi connectivity index (χ2v) is 5.92. The predicted molar refractivity (Wildman–Crippen MR) is 86.2 cm³/mol. The number of benzene rings is 2. The fourth-order valence-corrected chi connectivity index (χ4v) is 3.36. The van der Waals surface area contributed by atoms with E-state index < -0.39 is 5.60 Å². The fourth-order valence-electron chi connectivity index (χ4n) is 3.19. The van der Waals surface area contributed by atoms with E-state index in [1.807, 2.05) is 24.3 Å². The molecule has 1 aliphatic rings. The van der Waals surface area contributed by atoms with Crippen molar-refractivity contribution in [1.82, 2.24) is 4.98 Å². The molecule has 1 amide bonds. The van der Waals surface area contributed by atoms with Gasteiger partial charge in [0.25, 0.3) is 5.91 Å². The minimum atomic E-state index is -1.73. The van der Waals surface area contributed by atoms with Gasteiger partial charge in [-0.25, -0.2) is 0 Å². The van der Waals surface area contributed by atoms with Gasteiger partial charge in [0.2, 0.25) is 0 Å². The van der Waals surface area contributed by atoms with E-state index in [9.17, 15) is 9.90 Å². The van der Waals surface area contributed by atoms with Gasteiger partial charge in [-0.15, -0.1) is 0 Å². The Morgan fingerprint density at radius 1 is 1.18 bits per heavy atom. The Hall–Kier alpha value is -2.30. The van der Waals surface area contributed by atoms with Gasteiger partial charge in [0, 0.05) is 40.3 Å². The molecule has 2 N–H and O–H groups in total. The van der Waals surface area contributed by atoms with E-state index >= 15 is 0 Å². The summed E-state index contributed by atoms with van der Waals surface area (Å²) in [6.45, 7) is 0. The van der Waals surface area contributed by atoms with E-state index in [4.69, 9.17) is 11.6 Å². The lowest BCUT2D eigenvalue weighted by molar-refractivity contribution is -0.131. The highest BCUT2D eigenvalue weighted by Gasteiger charge is 2.51. The third kappa shape index (κ3) is 1.54. The van der Waals surface area contributed by atoms with Gasteiger partial charge in [0.1, 0.15) is 0 Å². The molecule has 110 valence electrons. The molecule has 0 saturated heterocycles. The Bertz CT molecular complexity index is 918. The molecular formula is C17H13ClN2O2. The molecule has 2 aromatic carbocycles. The topological polar surface area (TPSA) is 56.3 Å². The van der Waals surface area contributed by atoms with Crippen molar-refractivity contribution in [2.75, 3.05) is 11.9 Å². The highest BCUT2D eigenvalue weighted by molar-refractivity contribution is 6.31. The average molecular weight is 313 g/mol. The maximum absolute atomic E-state index is 12.8. The average Bonchev–Trinajstić information content (AvgIpc) is 3.03. The van der Waals surface area contributed by atoms with Crippen LogP contribution in [0.15, 0.2) is 48.7 Å². The number of rotatable bonds is 1. The summed E-state index contributed by atoms with van der Waals surface area (Å²) in [6.07, 6.45) is 1.69. The zero-order valence-corrected chi connectivity index (χ0v) is 12.6. The van der Waals surface area contributed by atoms with E-state index in [1.54, 1.807) is 31.4 Å². The van der Waals surface area contributed by atoms with Crippen LogP contribution in [0.5, 0.6) is 0 Å². The SMILES string of the molecule is CN1C(=O)[C@@](O)(c2c[nH]c3ccccc23)c2cc(Cl)ccc21. The van der Waals surface area contributed by atoms with Gasteiger partial charge in [-0.05, 0) is 24.3 Å². The number of hydrogen-bond acceptors (Lipinski definition) is 2. The van der Waals surface area contributed by atoms with Crippen LogP contribution < -0.4 is 4.90 Å². The summed E-state index contributed by atoms with van der Waals surface area (Å²) in [4.78, 5) is 17.3. The van der Waals surface area contributed by atoms with Crippen molar-refractivity contribution in [1.29, 1.82) is 0 Å². The monoisotopic (exact) mass is 312 g/mol. The van der Waals surface area contributed by atoms with Gasteiger partial charge in [-0.1, -0.05) is 29.8 Å². The molecule has 2 heterocycles. The van der Waals surface area contributed by atoms with Gasteiger partial charge in [-0.3, -0.25) is 4.79 Å². The lowest BCUT2D eigenvalue weighted by Gasteiger charge is -2.21. The highest BCUT2D eigenvalue weighted by Crippen LogP contribution is 2.46. The number of hydrogen-bond donors (Lipinski definition) is 2. The van der Waals surface area contributed by atoms with Crippen molar-refractivity contribution in [3.63, 3.8) is 0 Å². The summed E-state index contributed by atoms with van der Waals surface area (Å²) in [6, 6.07) is 12.7. The molecule has 22 heavy (non-hydrogen) atoms. The molecule has 0 spiro atoms. The number of fused-ring (bicyclic) bond motifs is 2. The Morgan fingerprint density at radius 3 is 2.77 bits per heavy atom. The number of nitrogens with one attached hydrogen (secondary N) is 1. The molecule has 0 saturated carbocycles. The molecule has 4 nitrogen and oxygen atoms in total. The Morgan fingerprint density at radius 2 is 1.95 bits per heavy atom. The van der Waals surface area contributed by atoms with Crippen molar-refractivity contribution in [3.8, 4) is 0 Å². The first-order valence-corrected chi connectivity index (χ1v) is 7.28. The van der Waals surface area contributed by atoms with Crippen LogP contribution in [0.1, 0.15) is 11.1 Å². The molecule has 3 aromatic rings. The number of carbonyl (C=O) groups is 1. The van der Waals surface area contributed by atoms with Gasteiger partial charge in [0.05, 0.1) is 5.69 Å². The molecule has 1 aromatic heterocycles. The number of aromatic amines is 1. The number of para-hydroxylation sites is 1. The number of aliphatic hydroxyl groups is 1.